The minimum atomic E-state index is -4.90. The first-order chi connectivity index (χ1) is 9.60. The number of rotatable bonds is 5. The molecule has 0 heterocycles. The SMILES string of the molecule is CC(=O)CNc1ccc(C(=O)N(C)C)cc1OC(F)(F)F. The average Bonchev–Trinajstić information content (AvgIpc) is 2.34. The zero-order valence-electron chi connectivity index (χ0n) is 11.7. The van der Waals surface area contributed by atoms with Crippen molar-refractivity contribution in [2.45, 2.75) is 13.3 Å². The number of ether oxygens (including phenoxy) is 1. The van der Waals surface area contributed by atoms with Gasteiger partial charge in [0.15, 0.2) is 5.75 Å². The summed E-state index contributed by atoms with van der Waals surface area (Å²) in [5.41, 5.74) is 0.0328. The molecular weight excluding hydrogens is 289 g/mol. The maximum atomic E-state index is 12.4. The number of nitrogens with one attached hydrogen (secondary N) is 1. The van der Waals surface area contributed by atoms with Gasteiger partial charge < -0.3 is 15.0 Å². The normalized spacial score (nSPS) is 11.0. The highest BCUT2D eigenvalue weighted by atomic mass is 19.4. The zero-order chi connectivity index (χ0) is 16.2. The van der Waals surface area contributed by atoms with Crippen LogP contribution < -0.4 is 10.1 Å². The van der Waals surface area contributed by atoms with Gasteiger partial charge in [-0.3, -0.25) is 9.59 Å². The van der Waals surface area contributed by atoms with Crippen LogP contribution in [0.4, 0.5) is 18.9 Å². The Morgan fingerprint density at radius 1 is 1.29 bits per heavy atom. The van der Waals surface area contributed by atoms with Crippen LogP contribution in [-0.2, 0) is 4.79 Å². The van der Waals surface area contributed by atoms with E-state index in [0.717, 1.165) is 6.07 Å². The summed E-state index contributed by atoms with van der Waals surface area (Å²) >= 11 is 0. The van der Waals surface area contributed by atoms with Crippen molar-refractivity contribution in [1.29, 1.82) is 0 Å². The van der Waals surface area contributed by atoms with E-state index in [1.165, 1.54) is 38.1 Å². The fourth-order valence-electron chi connectivity index (χ4n) is 1.49. The van der Waals surface area contributed by atoms with Crippen LogP contribution in [0.2, 0.25) is 0 Å². The first kappa shape index (κ1) is 16.8. The molecule has 0 atom stereocenters. The molecule has 8 heteroatoms. The Morgan fingerprint density at radius 2 is 1.90 bits per heavy atom. The number of anilines is 1. The summed E-state index contributed by atoms with van der Waals surface area (Å²) < 4.78 is 41.1. The highest BCUT2D eigenvalue weighted by molar-refractivity contribution is 5.95. The summed E-state index contributed by atoms with van der Waals surface area (Å²) in [6.45, 7) is 1.15. The Bertz CT molecular complexity index is 542. The lowest BCUT2D eigenvalue weighted by molar-refractivity contribution is -0.274. The van der Waals surface area contributed by atoms with E-state index in [-0.39, 0.29) is 23.6 Å². The fourth-order valence-corrected chi connectivity index (χ4v) is 1.49. The molecular formula is C13H15F3N2O3. The highest BCUT2D eigenvalue weighted by Crippen LogP contribution is 2.31. The number of halogens is 3. The predicted molar refractivity (Wildman–Crippen MR) is 70.3 cm³/mol. The van der Waals surface area contributed by atoms with E-state index >= 15 is 0 Å². The molecule has 0 bridgehead atoms. The van der Waals surface area contributed by atoms with Crippen molar-refractivity contribution < 1.29 is 27.5 Å². The number of ketones is 1. The van der Waals surface area contributed by atoms with Crippen LogP contribution in [0.25, 0.3) is 0 Å². The van der Waals surface area contributed by atoms with Gasteiger partial charge in [-0.05, 0) is 25.1 Å². The Balaban J connectivity index is 3.13. The van der Waals surface area contributed by atoms with Crippen molar-refractivity contribution in [1.82, 2.24) is 4.90 Å². The average molecular weight is 304 g/mol. The summed E-state index contributed by atoms with van der Waals surface area (Å²) in [7, 11) is 2.96. The van der Waals surface area contributed by atoms with E-state index in [1.807, 2.05) is 0 Å². The number of hydrogen-bond donors (Lipinski definition) is 1. The molecule has 1 N–H and O–H groups in total. The molecule has 0 aliphatic carbocycles. The topological polar surface area (TPSA) is 58.6 Å². The lowest BCUT2D eigenvalue weighted by Gasteiger charge is -2.16. The molecule has 0 fully saturated rings. The molecule has 0 spiro atoms. The van der Waals surface area contributed by atoms with Crippen LogP contribution in [0.5, 0.6) is 5.75 Å². The molecule has 1 aromatic rings. The van der Waals surface area contributed by atoms with E-state index in [9.17, 15) is 22.8 Å². The van der Waals surface area contributed by atoms with Gasteiger partial charge in [-0.2, -0.15) is 0 Å². The van der Waals surface area contributed by atoms with Crippen molar-refractivity contribution in [2.24, 2.45) is 0 Å². The van der Waals surface area contributed by atoms with Gasteiger partial charge in [0, 0.05) is 19.7 Å². The van der Waals surface area contributed by atoms with Crippen LogP contribution in [0.3, 0.4) is 0 Å². The molecule has 0 saturated heterocycles. The number of amides is 1. The number of alkyl halides is 3. The van der Waals surface area contributed by atoms with Crippen LogP contribution >= 0.6 is 0 Å². The Labute approximate surface area is 119 Å². The van der Waals surface area contributed by atoms with Crippen molar-refractivity contribution in [2.75, 3.05) is 26.0 Å². The Kier molecular flexibility index (Phi) is 5.17. The van der Waals surface area contributed by atoms with Crippen molar-refractivity contribution in [3.05, 3.63) is 23.8 Å². The molecule has 0 saturated carbocycles. The maximum Gasteiger partial charge on any atom is 0.573 e. The van der Waals surface area contributed by atoms with Gasteiger partial charge in [-0.25, -0.2) is 0 Å². The second-order valence-electron chi connectivity index (χ2n) is 4.51. The second-order valence-corrected chi connectivity index (χ2v) is 4.51. The second kappa shape index (κ2) is 6.47. The Hall–Kier alpha value is -2.25. The molecule has 0 aliphatic heterocycles. The minimum absolute atomic E-state index is 0.0159. The number of nitrogens with zero attached hydrogens (tertiary/aromatic N) is 1. The van der Waals surface area contributed by atoms with Gasteiger partial charge in [0.05, 0.1) is 12.2 Å². The van der Waals surface area contributed by atoms with Crippen LogP contribution in [0.15, 0.2) is 18.2 Å². The van der Waals surface area contributed by atoms with E-state index < -0.39 is 18.0 Å². The number of carbonyl (C=O) groups is 2. The number of benzene rings is 1. The molecule has 21 heavy (non-hydrogen) atoms. The molecule has 0 aromatic heterocycles. The molecule has 0 aliphatic rings. The van der Waals surface area contributed by atoms with E-state index in [2.05, 4.69) is 10.1 Å². The number of hydrogen-bond acceptors (Lipinski definition) is 4. The number of Topliss-reactive ketones (excluding diaryl/α,β-unsaturated/α-hetero) is 1. The highest BCUT2D eigenvalue weighted by Gasteiger charge is 2.32. The third-order valence-electron chi connectivity index (χ3n) is 2.39. The first-order valence-electron chi connectivity index (χ1n) is 5.95. The lowest BCUT2D eigenvalue weighted by atomic mass is 10.1. The third-order valence-corrected chi connectivity index (χ3v) is 2.39. The first-order valence-corrected chi connectivity index (χ1v) is 5.95. The molecule has 116 valence electrons. The quantitative estimate of drug-likeness (QED) is 0.907. The Morgan fingerprint density at radius 3 is 2.38 bits per heavy atom. The maximum absolute atomic E-state index is 12.4. The standard InChI is InChI=1S/C13H15F3N2O3/c1-8(19)7-17-10-5-4-9(12(20)18(2)3)6-11(10)21-13(14,15)16/h4-6,17H,7H2,1-3H3. The molecule has 0 radical (unpaired) electrons. The van der Waals surface area contributed by atoms with E-state index in [0.29, 0.717) is 0 Å². The van der Waals surface area contributed by atoms with Crippen molar-refractivity contribution >= 4 is 17.4 Å². The molecule has 1 aromatic carbocycles. The van der Waals surface area contributed by atoms with Gasteiger partial charge in [-0.1, -0.05) is 0 Å². The fraction of sp³-hybridized carbons (Fsp3) is 0.385. The monoisotopic (exact) mass is 304 g/mol. The number of carbonyl (C=O) groups excluding carboxylic acids is 2. The van der Waals surface area contributed by atoms with Crippen molar-refractivity contribution in [3.63, 3.8) is 0 Å². The van der Waals surface area contributed by atoms with Gasteiger partial charge in [-0.15, -0.1) is 13.2 Å². The summed E-state index contributed by atoms with van der Waals surface area (Å²) in [6.07, 6.45) is -4.90. The van der Waals surface area contributed by atoms with Crippen molar-refractivity contribution in [3.8, 4) is 5.75 Å². The van der Waals surface area contributed by atoms with Gasteiger partial charge in [0.1, 0.15) is 5.78 Å². The summed E-state index contributed by atoms with van der Waals surface area (Å²) in [6, 6.07) is 3.60. The van der Waals surface area contributed by atoms with Gasteiger partial charge in [0.25, 0.3) is 5.91 Å². The summed E-state index contributed by atoms with van der Waals surface area (Å²) in [5, 5.41) is 2.53. The minimum Gasteiger partial charge on any atom is -0.404 e. The molecule has 0 unspecified atom stereocenters. The smallest absolute Gasteiger partial charge is 0.404 e. The predicted octanol–water partition coefficient (Wildman–Crippen LogP) is 2.29. The third kappa shape index (κ3) is 5.33. The van der Waals surface area contributed by atoms with Crippen LogP contribution in [-0.4, -0.2) is 43.6 Å². The summed E-state index contributed by atoms with van der Waals surface area (Å²) in [5.74, 6) is -1.27. The van der Waals surface area contributed by atoms with E-state index in [1.54, 1.807) is 0 Å². The molecule has 1 rings (SSSR count). The van der Waals surface area contributed by atoms with Crippen LogP contribution in [0, 0.1) is 0 Å². The summed E-state index contributed by atoms with van der Waals surface area (Å²) in [4.78, 5) is 23.9. The molecule has 5 nitrogen and oxygen atoms in total. The van der Waals surface area contributed by atoms with Gasteiger partial charge >= 0.3 is 6.36 Å². The van der Waals surface area contributed by atoms with E-state index in [4.69, 9.17) is 0 Å². The lowest BCUT2D eigenvalue weighted by Crippen LogP contribution is -2.23. The van der Waals surface area contributed by atoms with Crippen LogP contribution in [0.1, 0.15) is 17.3 Å². The molecule has 1 amide bonds. The largest absolute Gasteiger partial charge is 0.573 e. The van der Waals surface area contributed by atoms with Gasteiger partial charge in [0.2, 0.25) is 0 Å². The zero-order valence-corrected chi connectivity index (χ0v) is 11.7.